The molecule has 0 aliphatic carbocycles. The Hall–Kier alpha value is 0.130. The molecule has 0 heterocycles. The van der Waals surface area contributed by atoms with Crippen LogP contribution in [0.5, 0.6) is 0 Å². The number of carbonyl (C=O) groups excluding carboxylic acids is 1. The van der Waals surface area contributed by atoms with E-state index in [1.807, 2.05) is 0 Å². The summed E-state index contributed by atoms with van der Waals surface area (Å²) in [7, 11) is 0. The van der Waals surface area contributed by atoms with E-state index in [9.17, 15) is 4.79 Å². The van der Waals surface area contributed by atoms with Crippen LogP contribution in [0.15, 0.2) is 0 Å². The van der Waals surface area contributed by atoms with Gasteiger partial charge < -0.3 is 14.2 Å². The highest BCUT2D eigenvalue weighted by atomic mass is 35.5. The maximum atomic E-state index is 10.2. The van der Waals surface area contributed by atoms with Crippen molar-refractivity contribution in [1.29, 1.82) is 0 Å². The fourth-order valence-electron chi connectivity index (χ4n) is 0.647. The molecule has 0 bridgehead atoms. The van der Waals surface area contributed by atoms with Crippen LogP contribution in [0, 0.1) is 0 Å². The summed E-state index contributed by atoms with van der Waals surface area (Å²) in [6.07, 6.45) is 0. The van der Waals surface area contributed by atoms with Gasteiger partial charge in [0, 0.05) is 5.88 Å². The van der Waals surface area contributed by atoms with Crippen molar-refractivity contribution in [3.8, 4) is 0 Å². The Morgan fingerprint density at radius 3 is 1.93 bits per heavy atom. The van der Waals surface area contributed by atoms with Gasteiger partial charge in [0.05, 0.1) is 33.0 Å². The second kappa shape index (κ2) is 11.2. The van der Waals surface area contributed by atoms with E-state index in [1.165, 1.54) is 0 Å². The first kappa shape index (κ1) is 14.1. The summed E-state index contributed by atoms with van der Waals surface area (Å²) in [6.45, 7) is 2.24. The number of hydrogen-bond acceptors (Lipinski definition) is 4. The molecule has 14 heavy (non-hydrogen) atoms. The Labute approximate surface area is 93.4 Å². The lowest BCUT2D eigenvalue weighted by atomic mass is 10.7. The Morgan fingerprint density at radius 1 is 0.929 bits per heavy atom. The highest BCUT2D eigenvalue weighted by Gasteiger charge is 1.95. The molecule has 4 nitrogen and oxygen atoms in total. The van der Waals surface area contributed by atoms with Crippen LogP contribution in [0.25, 0.3) is 0 Å². The molecule has 0 aliphatic heterocycles. The molecular formula is C8H14Cl2O4. The first-order valence-electron chi connectivity index (χ1n) is 4.25. The Balaban J connectivity index is 2.88. The lowest BCUT2D eigenvalue weighted by molar-refractivity contribution is -0.116. The van der Waals surface area contributed by atoms with Gasteiger partial charge in [0.2, 0.25) is 5.24 Å². The van der Waals surface area contributed by atoms with Crippen LogP contribution in [-0.2, 0) is 19.0 Å². The topological polar surface area (TPSA) is 44.8 Å². The van der Waals surface area contributed by atoms with E-state index in [2.05, 4.69) is 0 Å². The molecule has 0 aromatic carbocycles. The van der Waals surface area contributed by atoms with Crippen LogP contribution in [0.3, 0.4) is 0 Å². The van der Waals surface area contributed by atoms with Crippen molar-refractivity contribution in [3.63, 3.8) is 0 Å². The van der Waals surface area contributed by atoms with Crippen LogP contribution in [0.2, 0.25) is 0 Å². The molecule has 84 valence electrons. The number of ether oxygens (including phenoxy) is 3. The minimum absolute atomic E-state index is 0.0757. The number of alkyl halides is 1. The standard InChI is InChI=1S/C8H14Cl2O4/c9-1-2-12-3-4-13-5-6-14-7-8(10)11/h1-7H2. The zero-order valence-corrected chi connectivity index (χ0v) is 9.35. The highest BCUT2D eigenvalue weighted by Crippen LogP contribution is 1.84. The van der Waals surface area contributed by atoms with E-state index in [0.717, 1.165) is 0 Å². The minimum atomic E-state index is -0.504. The van der Waals surface area contributed by atoms with Crippen molar-refractivity contribution < 1.29 is 19.0 Å². The molecule has 0 radical (unpaired) electrons. The number of hydrogen-bond donors (Lipinski definition) is 0. The second-order valence-corrected chi connectivity index (χ2v) is 3.12. The molecule has 6 heteroatoms. The van der Waals surface area contributed by atoms with Gasteiger partial charge in [-0.2, -0.15) is 0 Å². The van der Waals surface area contributed by atoms with E-state index in [1.54, 1.807) is 0 Å². The van der Waals surface area contributed by atoms with Gasteiger partial charge >= 0.3 is 0 Å². The third-order valence-corrected chi connectivity index (χ3v) is 1.44. The van der Waals surface area contributed by atoms with Gasteiger partial charge in [-0.15, -0.1) is 11.6 Å². The molecule has 0 saturated heterocycles. The first-order chi connectivity index (χ1) is 6.77. The fourth-order valence-corrected chi connectivity index (χ4v) is 0.833. The van der Waals surface area contributed by atoms with Crippen molar-refractivity contribution in [2.75, 3.05) is 45.5 Å². The molecule has 0 fully saturated rings. The number of carbonyl (C=O) groups is 1. The molecule has 0 aromatic rings. The molecule has 0 aromatic heterocycles. The van der Waals surface area contributed by atoms with Crippen molar-refractivity contribution in [3.05, 3.63) is 0 Å². The molecule has 0 spiro atoms. The number of rotatable bonds is 10. The summed E-state index contributed by atoms with van der Waals surface area (Å²) in [5, 5.41) is -0.504. The fraction of sp³-hybridized carbons (Fsp3) is 0.875. The Morgan fingerprint density at radius 2 is 1.43 bits per heavy atom. The quantitative estimate of drug-likeness (QED) is 0.327. The summed E-state index contributed by atoms with van der Waals surface area (Å²) < 4.78 is 15.0. The van der Waals surface area contributed by atoms with Gasteiger partial charge in [-0.3, -0.25) is 4.79 Å². The average molecular weight is 245 g/mol. The average Bonchev–Trinajstić information content (AvgIpc) is 2.15. The van der Waals surface area contributed by atoms with Gasteiger partial charge in [-0.25, -0.2) is 0 Å². The van der Waals surface area contributed by atoms with Gasteiger partial charge in [0.1, 0.15) is 6.61 Å². The van der Waals surface area contributed by atoms with Gasteiger partial charge in [-0.1, -0.05) is 0 Å². The zero-order valence-electron chi connectivity index (χ0n) is 7.84. The van der Waals surface area contributed by atoms with E-state index in [4.69, 9.17) is 37.4 Å². The summed E-state index contributed by atoms with van der Waals surface area (Å²) >= 11 is 10.4. The zero-order chi connectivity index (χ0) is 10.6. The molecular weight excluding hydrogens is 231 g/mol. The van der Waals surface area contributed by atoms with Crippen LogP contribution >= 0.6 is 23.2 Å². The summed E-state index contributed by atoms with van der Waals surface area (Å²) in [5.74, 6) is 0.487. The van der Waals surface area contributed by atoms with Crippen LogP contribution < -0.4 is 0 Å². The maximum absolute atomic E-state index is 10.2. The van der Waals surface area contributed by atoms with E-state index in [0.29, 0.717) is 38.9 Å². The van der Waals surface area contributed by atoms with Crippen molar-refractivity contribution in [1.82, 2.24) is 0 Å². The van der Waals surface area contributed by atoms with Crippen LogP contribution in [0.4, 0.5) is 0 Å². The highest BCUT2D eigenvalue weighted by molar-refractivity contribution is 6.63. The van der Waals surface area contributed by atoms with Crippen molar-refractivity contribution in [2.45, 2.75) is 0 Å². The predicted molar refractivity (Wildman–Crippen MR) is 54.0 cm³/mol. The SMILES string of the molecule is O=C(Cl)COCCOCCOCCCl. The third kappa shape index (κ3) is 12.1. The largest absolute Gasteiger partial charge is 0.378 e. The molecule has 0 N–H and O–H groups in total. The lowest BCUT2D eigenvalue weighted by Gasteiger charge is -2.04. The van der Waals surface area contributed by atoms with E-state index in [-0.39, 0.29) is 6.61 Å². The third-order valence-electron chi connectivity index (χ3n) is 1.18. The summed E-state index contributed by atoms with van der Waals surface area (Å²) in [5.41, 5.74) is 0. The predicted octanol–water partition coefficient (Wildman–Crippen LogP) is 1.04. The van der Waals surface area contributed by atoms with Crippen molar-refractivity contribution in [2.24, 2.45) is 0 Å². The van der Waals surface area contributed by atoms with E-state index < -0.39 is 5.24 Å². The van der Waals surface area contributed by atoms with E-state index >= 15 is 0 Å². The summed E-state index contributed by atoms with van der Waals surface area (Å²) in [6, 6.07) is 0. The summed E-state index contributed by atoms with van der Waals surface area (Å²) in [4.78, 5) is 10.2. The Kier molecular flexibility index (Phi) is 11.3. The molecule has 0 aliphatic rings. The smallest absolute Gasteiger partial charge is 0.247 e. The van der Waals surface area contributed by atoms with Crippen LogP contribution in [0.1, 0.15) is 0 Å². The number of halogens is 2. The van der Waals surface area contributed by atoms with Crippen LogP contribution in [-0.4, -0.2) is 50.8 Å². The lowest BCUT2D eigenvalue weighted by Crippen LogP contribution is -2.11. The van der Waals surface area contributed by atoms with Gasteiger partial charge in [0.25, 0.3) is 0 Å². The van der Waals surface area contributed by atoms with Gasteiger partial charge in [-0.05, 0) is 11.6 Å². The first-order valence-corrected chi connectivity index (χ1v) is 5.16. The maximum Gasteiger partial charge on any atom is 0.247 e. The second-order valence-electron chi connectivity index (χ2n) is 2.32. The molecule has 0 atom stereocenters. The monoisotopic (exact) mass is 244 g/mol. The molecule has 0 unspecified atom stereocenters. The molecule has 0 amide bonds. The van der Waals surface area contributed by atoms with Gasteiger partial charge in [0.15, 0.2) is 0 Å². The normalized spacial score (nSPS) is 10.4. The minimum Gasteiger partial charge on any atom is -0.378 e. The Bertz CT molecular complexity index is 143. The molecule has 0 rings (SSSR count). The molecule has 0 saturated carbocycles. The van der Waals surface area contributed by atoms with Crippen molar-refractivity contribution >= 4 is 28.4 Å².